The van der Waals surface area contributed by atoms with Gasteiger partial charge in [-0.25, -0.2) is 4.98 Å². The van der Waals surface area contributed by atoms with Gasteiger partial charge >= 0.3 is 0 Å². The minimum absolute atomic E-state index is 1.01. The molecule has 0 N–H and O–H groups in total. The van der Waals surface area contributed by atoms with Crippen LogP contribution in [0.25, 0.3) is 70.2 Å². The van der Waals surface area contributed by atoms with Crippen molar-refractivity contribution in [1.29, 1.82) is 0 Å². The third-order valence-corrected chi connectivity index (χ3v) is 9.20. The molecule has 8 rings (SSSR count). The van der Waals surface area contributed by atoms with Gasteiger partial charge in [-0.2, -0.15) is 0 Å². The molecule has 0 radical (unpaired) electrons. The number of nitrogens with zero attached hydrogens (tertiary/aromatic N) is 1. The molecule has 0 atom stereocenters. The molecule has 0 amide bonds. The third kappa shape index (κ3) is 4.28. The maximum absolute atomic E-state index is 5.28. The zero-order valence-corrected chi connectivity index (χ0v) is 23.4. The van der Waals surface area contributed by atoms with E-state index in [4.69, 9.17) is 4.98 Å². The number of hydrogen-bond acceptors (Lipinski definition) is 2. The first kappa shape index (κ1) is 24.0. The van der Waals surface area contributed by atoms with Crippen LogP contribution in [0.2, 0.25) is 0 Å². The molecule has 7 aromatic rings. The smallest absolute Gasteiger partial charge is 0.0722 e. The Morgan fingerprint density at radius 2 is 1.32 bits per heavy atom. The standard InChI is InChI=1S/C39H27NS/c1-3-12-26(13-4-1)28-16-11-17-29(22-28)30-23-34(39-32-19-8-10-21-37(32)41-38(39)24-30)36-25-33(27-14-5-2-6-15-27)31-18-7-9-20-35(31)40-36/h2-3,5-25H,1,4H2. The Hall–Kier alpha value is -4.79. The molecule has 0 spiro atoms. The maximum Gasteiger partial charge on any atom is 0.0722 e. The molecule has 2 heterocycles. The zero-order chi connectivity index (χ0) is 27.2. The first-order valence-corrected chi connectivity index (χ1v) is 15.0. The first-order valence-electron chi connectivity index (χ1n) is 14.2. The molecule has 2 heteroatoms. The third-order valence-electron chi connectivity index (χ3n) is 8.08. The number of hydrogen-bond donors (Lipinski definition) is 0. The normalized spacial score (nSPS) is 13.2. The monoisotopic (exact) mass is 541 g/mol. The topological polar surface area (TPSA) is 12.9 Å². The van der Waals surface area contributed by atoms with Crippen molar-refractivity contribution in [3.8, 4) is 33.5 Å². The fraction of sp³-hybridized carbons (Fsp3) is 0.0513. The van der Waals surface area contributed by atoms with Gasteiger partial charge in [-0.15, -0.1) is 11.3 Å². The summed E-state index contributed by atoms with van der Waals surface area (Å²) in [7, 11) is 0. The van der Waals surface area contributed by atoms with Crippen molar-refractivity contribution in [3.05, 3.63) is 145 Å². The minimum atomic E-state index is 1.01. The molecule has 0 fully saturated rings. The molecule has 194 valence electrons. The summed E-state index contributed by atoms with van der Waals surface area (Å²) in [5, 5.41) is 3.74. The van der Waals surface area contributed by atoms with Crippen LogP contribution in [0, 0.1) is 0 Å². The van der Waals surface area contributed by atoms with E-state index in [2.05, 4.69) is 140 Å². The summed E-state index contributed by atoms with van der Waals surface area (Å²) < 4.78 is 2.59. The Morgan fingerprint density at radius 1 is 0.537 bits per heavy atom. The van der Waals surface area contributed by atoms with Crippen LogP contribution >= 0.6 is 11.3 Å². The number of aromatic nitrogens is 1. The molecule has 0 unspecified atom stereocenters. The number of para-hydroxylation sites is 1. The van der Waals surface area contributed by atoms with Gasteiger partial charge in [-0.3, -0.25) is 0 Å². The highest BCUT2D eigenvalue weighted by molar-refractivity contribution is 7.26. The zero-order valence-electron chi connectivity index (χ0n) is 22.5. The van der Waals surface area contributed by atoms with E-state index < -0.39 is 0 Å². The van der Waals surface area contributed by atoms with Gasteiger partial charge in [0.1, 0.15) is 0 Å². The van der Waals surface area contributed by atoms with Gasteiger partial charge in [0.25, 0.3) is 0 Å². The summed E-state index contributed by atoms with van der Waals surface area (Å²) in [6.45, 7) is 0. The van der Waals surface area contributed by atoms with Crippen LogP contribution in [0.3, 0.4) is 0 Å². The second kappa shape index (κ2) is 9.99. The fourth-order valence-electron chi connectivity index (χ4n) is 6.10. The second-order valence-electron chi connectivity index (χ2n) is 10.7. The highest BCUT2D eigenvalue weighted by Crippen LogP contribution is 2.44. The van der Waals surface area contributed by atoms with Crippen LogP contribution < -0.4 is 0 Å². The maximum atomic E-state index is 5.28. The second-order valence-corrected chi connectivity index (χ2v) is 11.7. The van der Waals surface area contributed by atoms with E-state index >= 15 is 0 Å². The van der Waals surface area contributed by atoms with Gasteiger partial charge in [-0.05, 0) is 82.6 Å². The van der Waals surface area contributed by atoms with Crippen molar-refractivity contribution >= 4 is 48.0 Å². The summed E-state index contributed by atoms with van der Waals surface area (Å²) >= 11 is 1.87. The molecule has 0 aliphatic heterocycles. The Bertz CT molecular complexity index is 2150. The Morgan fingerprint density at radius 3 is 2.20 bits per heavy atom. The summed E-state index contributed by atoms with van der Waals surface area (Å²) in [5.74, 6) is 0. The van der Waals surface area contributed by atoms with Crippen molar-refractivity contribution in [3.63, 3.8) is 0 Å². The van der Waals surface area contributed by atoms with Crippen LogP contribution in [-0.2, 0) is 0 Å². The molecule has 0 saturated carbocycles. The van der Waals surface area contributed by atoms with Crippen molar-refractivity contribution in [2.24, 2.45) is 0 Å². The summed E-state index contributed by atoms with van der Waals surface area (Å²) in [6.07, 6.45) is 9.11. The van der Waals surface area contributed by atoms with Crippen LogP contribution in [0.1, 0.15) is 18.4 Å². The van der Waals surface area contributed by atoms with Gasteiger partial charge in [0.05, 0.1) is 11.2 Å². The molecule has 1 nitrogen and oxygen atoms in total. The average Bonchev–Trinajstić information content (AvgIpc) is 3.43. The van der Waals surface area contributed by atoms with E-state index in [9.17, 15) is 0 Å². The minimum Gasteiger partial charge on any atom is -0.248 e. The van der Waals surface area contributed by atoms with Crippen LogP contribution in [-0.4, -0.2) is 4.98 Å². The highest BCUT2D eigenvalue weighted by Gasteiger charge is 2.17. The molecule has 1 aliphatic carbocycles. The van der Waals surface area contributed by atoms with E-state index in [1.54, 1.807) is 0 Å². The van der Waals surface area contributed by atoms with Crippen LogP contribution in [0.15, 0.2) is 140 Å². The quantitative estimate of drug-likeness (QED) is 0.216. The summed E-state index contributed by atoms with van der Waals surface area (Å²) in [4.78, 5) is 5.28. The predicted molar refractivity (Wildman–Crippen MR) is 177 cm³/mol. The Kier molecular flexibility index (Phi) is 5.86. The number of rotatable bonds is 4. The molecule has 0 bridgehead atoms. The van der Waals surface area contributed by atoms with Gasteiger partial charge in [0.15, 0.2) is 0 Å². The molecular weight excluding hydrogens is 515 g/mol. The van der Waals surface area contributed by atoms with E-state index in [1.807, 2.05) is 11.3 Å². The van der Waals surface area contributed by atoms with Gasteiger partial charge in [0.2, 0.25) is 0 Å². The number of allylic oxidation sites excluding steroid dienone is 4. The molecule has 41 heavy (non-hydrogen) atoms. The Labute approximate surface area is 243 Å². The summed E-state index contributed by atoms with van der Waals surface area (Å²) in [5.41, 5.74) is 10.6. The van der Waals surface area contributed by atoms with E-state index in [0.717, 1.165) is 24.1 Å². The van der Waals surface area contributed by atoms with Crippen molar-refractivity contribution in [1.82, 2.24) is 4.98 Å². The number of pyridine rings is 1. The molecule has 5 aromatic carbocycles. The van der Waals surface area contributed by atoms with Gasteiger partial charge < -0.3 is 0 Å². The van der Waals surface area contributed by atoms with E-state index in [-0.39, 0.29) is 0 Å². The van der Waals surface area contributed by atoms with Gasteiger partial charge in [0, 0.05) is 31.1 Å². The van der Waals surface area contributed by atoms with E-state index in [1.165, 1.54) is 64.5 Å². The highest BCUT2D eigenvalue weighted by atomic mass is 32.1. The molecular formula is C39H27NS. The predicted octanol–water partition coefficient (Wildman–Crippen LogP) is 11.3. The molecule has 0 saturated heterocycles. The van der Waals surface area contributed by atoms with Crippen molar-refractivity contribution < 1.29 is 0 Å². The lowest BCUT2D eigenvalue weighted by molar-refractivity contribution is 1.04. The Balaban J connectivity index is 1.40. The SMILES string of the molecule is C1=CC(c2cccc(-c3cc(-c4cc(-c5ccccc5)c5ccccc5n4)c4c(c3)sc3ccccc34)c2)=CCC1. The average molecular weight is 542 g/mol. The van der Waals surface area contributed by atoms with Crippen LogP contribution in [0.5, 0.6) is 0 Å². The lowest BCUT2D eigenvalue weighted by Gasteiger charge is -2.14. The lowest BCUT2D eigenvalue weighted by Crippen LogP contribution is -1.92. The first-order chi connectivity index (χ1) is 20.3. The van der Waals surface area contributed by atoms with Crippen molar-refractivity contribution in [2.45, 2.75) is 12.8 Å². The molecule has 2 aromatic heterocycles. The van der Waals surface area contributed by atoms with Crippen LogP contribution in [0.4, 0.5) is 0 Å². The fourth-order valence-corrected chi connectivity index (χ4v) is 7.27. The van der Waals surface area contributed by atoms with Crippen molar-refractivity contribution in [2.75, 3.05) is 0 Å². The number of fused-ring (bicyclic) bond motifs is 4. The largest absolute Gasteiger partial charge is 0.248 e. The summed E-state index contributed by atoms with van der Waals surface area (Å²) in [6, 6.07) is 43.9. The van der Waals surface area contributed by atoms with Gasteiger partial charge in [-0.1, -0.05) is 103 Å². The molecule has 1 aliphatic rings. The number of thiophene rings is 1. The lowest BCUT2D eigenvalue weighted by atomic mass is 9.92. The van der Waals surface area contributed by atoms with E-state index in [0.29, 0.717) is 0 Å². The number of benzene rings is 5.